The summed E-state index contributed by atoms with van der Waals surface area (Å²) in [6.07, 6.45) is 5.45. The van der Waals surface area contributed by atoms with Crippen LogP contribution in [0.15, 0.2) is 29.3 Å². The molecule has 1 N–H and O–H groups in total. The number of nitrogens with zero attached hydrogens (tertiary/aromatic N) is 1. The monoisotopic (exact) mass is 216 g/mol. The molecular weight excluding hydrogens is 200 g/mol. The summed E-state index contributed by atoms with van der Waals surface area (Å²) in [4.78, 5) is 4.18. The van der Waals surface area contributed by atoms with E-state index >= 15 is 0 Å². The molecule has 0 aliphatic carbocycles. The molecule has 0 fully saturated rings. The number of ether oxygens (including phenoxy) is 1. The van der Waals surface area contributed by atoms with E-state index < -0.39 is 0 Å². The van der Waals surface area contributed by atoms with E-state index in [1.165, 1.54) is 5.56 Å². The van der Waals surface area contributed by atoms with E-state index in [0.29, 0.717) is 12.1 Å². The molecule has 1 aromatic rings. The molecule has 84 valence electrons. The van der Waals surface area contributed by atoms with Gasteiger partial charge in [-0.2, -0.15) is 0 Å². The molecule has 3 heteroatoms. The highest BCUT2D eigenvalue weighted by molar-refractivity contribution is 5.57. The van der Waals surface area contributed by atoms with Gasteiger partial charge < -0.3 is 10.1 Å². The lowest BCUT2D eigenvalue weighted by Crippen LogP contribution is -2.33. The molecule has 0 saturated heterocycles. The molecule has 2 aliphatic heterocycles. The van der Waals surface area contributed by atoms with Gasteiger partial charge in [-0.25, -0.2) is 0 Å². The summed E-state index contributed by atoms with van der Waals surface area (Å²) in [6, 6.07) is 8.81. The smallest absolute Gasteiger partial charge is 0.122 e. The molecule has 3 nitrogen and oxygen atoms in total. The summed E-state index contributed by atoms with van der Waals surface area (Å²) in [5.74, 6) is 1.07. The van der Waals surface area contributed by atoms with E-state index in [2.05, 4.69) is 28.5 Å². The van der Waals surface area contributed by atoms with Gasteiger partial charge in [-0.3, -0.25) is 4.99 Å². The molecular formula is C13H16N2O. The molecule has 0 unspecified atom stereocenters. The van der Waals surface area contributed by atoms with E-state index in [1.54, 1.807) is 6.34 Å². The SMILES string of the molecule is C1=NC[C@H](C[C@@H]2CCc3ccccc3O2)N1. The second-order valence-electron chi connectivity index (χ2n) is 4.48. The second-order valence-corrected chi connectivity index (χ2v) is 4.48. The van der Waals surface area contributed by atoms with Crippen molar-refractivity contribution in [2.75, 3.05) is 6.54 Å². The largest absolute Gasteiger partial charge is 0.490 e. The van der Waals surface area contributed by atoms with Crippen LogP contribution in [0.4, 0.5) is 0 Å². The summed E-state index contributed by atoms with van der Waals surface area (Å²) < 4.78 is 6.00. The number of fused-ring (bicyclic) bond motifs is 1. The van der Waals surface area contributed by atoms with Crippen molar-refractivity contribution in [2.45, 2.75) is 31.4 Å². The van der Waals surface area contributed by atoms with Crippen LogP contribution in [0.5, 0.6) is 5.75 Å². The number of rotatable bonds is 2. The minimum Gasteiger partial charge on any atom is -0.490 e. The lowest BCUT2D eigenvalue weighted by Gasteiger charge is -2.27. The first kappa shape index (κ1) is 9.70. The van der Waals surface area contributed by atoms with E-state index in [0.717, 1.165) is 31.6 Å². The van der Waals surface area contributed by atoms with Crippen molar-refractivity contribution in [2.24, 2.45) is 4.99 Å². The Morgan fingerprint density at radius 2 is 2.31 bits per heavy atom. The van der Waals surface area contributed by atoms with Crippen LogP contribution in [-0.2, 0) is 6.42 Å². The van der Waals surface area contributed by atoms with Gasteiger partial charge in [0.05, 0.1) is 18.9 Å². The summed E-state index contributed by atoms with van der Waals surface area (Å²) in [7, 11) is 0. The highest BCUT2D eigenvalue weighted by atomic mass is 16.5. The minimum absolute atomic E-state index is 0.342. The third-order valence-corrected chi connectivity index (χ3v) is 3.28. The Balaban J connectivity index is 1.64. The van der Waals surface area contributed by atoms with Gasteiger partial charge in [0.2, 0.25) is 0 Å². The number of benzene rings is 1. The Morgan fingerprint density at radius 1 is 1.38 bits per heavy atom. The summed E-state index contributed by atoms with van der Waals surface area (Å²) in [6.45, 7) is 0.890. The number of para-hydroxylation sites is 1. The first-order valence-corrected chi connectivity index (χ1v) is 5.91. The number of hydrogen-bond acceptors (Lipinski definition) is 3. The van der Waals surface area contributed by atoms with E-state index in [9.17, 15) is 0 Å². The molecule has 0 amide bonds. The van der Waals surface area contributed by atoms with Crippen molar-refractivity contribution in [3.63, 3.8) is 0 Å². The molecule has 0 saturated carbocycles. The number of aryl methyl sites for hydroxylation is 1. The molecule has 1 aromatic carbocycles. The van der Waals surface area contributed by atoms with Crippen molar-refractivity contribution in [3.05, 3.63) is 29.8 Å². The highest BCUT2D eigenvalue weighted by Gasteiger charge is 2.23. The van der Waals surface area contributed by atoms with Crippen LogP contribution in [0.2, 0.25) is 0 Å². The van der Waals surface area contributed by atoms with Crippen molar-refractivity contribution in [1.82, 2.24) is 5.32 Å². The van der Waals surface area contributed by atoms with E-state index in [-0.39, 0.29) is 0 Å². The topological polar surface area (TPSA) is 33.6 Å². The van der Waals surface area contributed by atoms with Gasteiger partial charge in [-0.05, 0) is 24.5 Å². The summed E-state index contributed by atoms with van der Waals surface area (Å²) in [5.41, 5.74) is 1.34. The van der Waals surface area contributed by atoms with Crippen LogP contribution in [0.25, 0.3) is 0 Å². The van der Waals surface area contributed by atoms with Gasteiger partial charge in [0, 0.05) is 6.42 Å². The maximum Gasteiger partial charge on any atom is 0.122 e. The maximum absolute atomic E-state index is 6.00. The predicted molar refractivity (Wildman–Crippen MR) is 64.1 cm³/mol. The van der Waals surface area contributed by atoms with Crippen LogP contribution in [0, 0.1) is 0 Å². The van der Waals surface area contributed by atoms with Crippen molar-refractivity contribution >= 4 is 6.34 Å². The van der Waals surface area contributed by atoms with Crippen molar-refractivity contribution in [3.8, 4) is 5.75 Å². The van der Waals surface area contributed by atoms with Crippen LogP contribution < -0.4 is 10.1 Å². The van der Waals surface area contributed by atoms with Crippen LogP contribution in [-0.4, -0.2) is 25.0 Å². The Labute approximate surface area is 95.5 Å². The first-order valence-electron chi connectivity index (χ1n) is 5.91. The van der Waals surface area contributed by atoms with Crippen LogP contribution in [0.3, 0.4) is 0 Å². The van der Waals surface area contributed by atoms with Crippen LogP contribution >= 0.6 is 0 Å². The molecule has 0 bridgehead atoms. The van der Waals surface area contributed by atoms with Crippen LogP contribution in [0.1, 0.15) is 18.4 Å². The summed E-state index contributed by atoms with van der Waals surface area (Å²) in [5, 5.41) is 3.26. The Bertz CT molecular complexity index is 395. The third-order valence-electron chi connectivity index (χ3n) is 3.28. The molecule has 0 spiro atoms. The Kier molecular flexibility index (Phi) is 2.52. The van der Waals surface area contributed by atoms with Crippen molar-refractivity contribution in [1.29, 1.82) is 0 Å². The average molecular weight is 216 g/mol. The van der Waals surface area contributed by atoms with Gasteiger partial charge in [0.25, 0.3) is 0 Å². The molecule has 16 heavy (non-hydrogen) atoms. The van der Waals surface area contributed by atoms with E-state index in [4.69, 9.17) is 4.74 Å². The Morgan fingerprint density at radius 3 is 3.19 bits per heavy atom. The third kappa shape index (κ3) is 1.90. The fourth-order valence-electron chi connectivity index (χ4n) is 2.40. The predicted octanol–water partition coefficient (Wildman–Crippen LogP) is 1.77. The molecule has 2 atom stereocenters. The quantitative estimate of drug-likeness (QED) is 0.817. The van der Waals surface area contributed by atoms with Gasteiger partial charge in [-0.15, -0.1) is 0 Å². The standard InChI is InChI=1S/C13H16N2O/c1-2-4-13-10(3-1)5-6-12(16-13)7-11-8-14-9-15-11/h1-4,9,11-12H,5-8H2,(H,14,15)/t11-,12-/m0/s1. The molecule has 0 aromatic heterocycles. The number of hydrogen-bond donors (Lipinski definition) is 1. The zero-order valence-electron chi connectivity index (χ0n) is 9.23. The van der Waals surface area contributed by atoms with Crippen molar-refractivity contribution < 1.29 is 4.74 Å². The lowest BCUT2D eigenvalue weighted by atomic mass is 9.98. The fourth-order valence-corrected chi connectivity index (χ4v) is 2.40. The van der Waals surface area contributed by atoms with Gasteiger partial charge >= 0.3 is 0 Å². The molecule has 0 radical (unpaired) electrons. The molecule has 2 heterocycles. The normalized spacial score (nSPS) is 27.0. The average Bonchev–Trinajstić information content (AvgIpc) is 2.82. The highest BCUT2D eigenvalue weighted by Crippen LogP contribution is 2.28. The summed E-state index contributed by atoms with van der Waals surface area (Å²) >= 11 is 0. The zero-order valence-corrected chi connectivity index (χ0v) is 9.23. The zero-order chi connectivity index (χ0) is 10.8. The van der Waals surface area contributed by atoms with E-state index in [1.807, 2.05) is 6.07 Å². The molecule has 3 rings (SSSR count). The van der Waals surface area contributed by atoms with Gasteiger partial charge in [-0.1, -0.05) is 18.2 Å². The first-order chi connectivity index (χ1) is 7.92. The second kappa shape index (κ2) is 4.16. The minimum atomic E-state index is 0.342. The Hall–Kier alpha value is -1.51. The number of nitrogens with one attached hydrogen (secondary N) is 1. The number of aliphatic imine (C=N–C) groups is 1. The lowest BCUT2D eigenvalue weighted by molar-refractivity contribution is 0.155. The maximum atomic E-state index is 6.00. The van der Waals surface area contributed by atoms with Gasteiger partial charge in [0.15, 0.2) is 0 Å². The fraction of sp³-hybridized carbons (Fsp3) is 0.462. The molecule has 2 aliphatic rings. The van der Waals surface area contributed by atoms with Gasteiger partial charge in [0.1, 0.15) is 11.9 Å².